The predicted molar refractivity (Wildman–Crippen MR) is 113 cm³/mol. The van der Waals surface area contributed by atoms with Crippen molar-refractivity contribution in [2.24, 2.45) is 5.41 Å². The molecule has 6 nitrogen and oxygen atoms in total. The molecule has 1 aromatic carbocycles. The quantitative estimate of drug-likeness (QED) is 0.483. The molecule has 0 bridgehead atoms. The molecule has 0 aliphatic carbocycles. The third kappa shape index (κ3) is 5.17. The lowest BCUT2D eigenvalue weighted by Crippen LogP contribution is -2.26. The number of ether oxygens (including phenoxy) is 1. The summed E-state index contributed by atoms with van der Waals surface area (Å²) in [5.74, 6) is -2.62. The highest BCUT2D eigenvalue weighted by molar-refractivity contribution is 5.87. The Morgan fingerprint density at radius 1 is 1.09 bits per heavy atom. The third-order valence-corrected chi connectivity index (χ3v) is 5.20. The molecular formula is C22H24F5N5O. The second kappa shape index (κ2) is 8.11. The largest absolute Gasteiger partial charge is 0.463 e. The average molecular weight is 469 g/mol. The summed E-state index contributed by atoms with van der Waals surface area (Å²) in [4.78, 5) is 10.2. The molecule has 0 N–H and O–H groups in total. The predicted octanol–water partition coefficient (Wildman–Crippen LogP) is 5.16. The molecule has 1 aliphatic heterocycles. The first-order chi connectivity index (χ1) is 15.3. The number of hydrogen-bond acceptors (Lipinski definition) is 5. The zero-order chi connectivity index (χ0) is 24.0. The minimum Gasteiger partial charge on any atom is -0.463 e. The van der Waals surface area contributed by atoms with Gasteiger partial charge in [0.05, 0.1) is 36.8 Å². The third-order valence-electron chi connectivity index (χ3n) is 5.20. The van der Waals surface area contributed by atoms with E-state index in [1.54, 1.807) is 0 Å². The van der Waals surface area contributed by atoms with Gasteiger partial charge in [0.15, 0.2) is 5.65 Å². The molecule has 0 spiro atoms. The molecule has 0 unspecified atom stereocenters. The first-order valence-corrected chi connectivity index (χ1v) is 10.5. The van der Waals surface area contributed by atoms with E-state index in [-0.39, 0.29) is 54.6 Å². The molecule has 33 heavy (non-hydrogen) atoms. The molecule has 3 heterocycles. The van der Waals surface area contributed by atoms with Gasteiger partial charge in [-0.1, -0.05) is 39.0 Å². The van der Waals surface area contributed by atoms with Crippen LogP contribution in [0, 0.1) is 5.41 Å². The number of hydrogen-bond donors (Lipinski definition) is 0. The maximum Gasteiger partial charge on any atom is 0.416 e. The summed E-state index contributed by atoms with van der Waals surface area (Å²) >= 11 is 0. The van der Waals surface area contributed by atoms with E-state index in [0.717, 1.165) is 6.07 Å². The normalized spacial score (nSPS) is 16.5. The summed E-state index contributed by atoms with van der Waals surface area (Å²) in [6, 6.07) is 5.18. The Morgan fingerprint density at radius 2 is 1.82 bits per heavy atom. The Morgan fingerprint density at radius 3 is 2.45 bits per heavy atom. The summed E-state index contributed by atoms with van der Waals surface area (Å²) in [6.45, 7) is 5.48. The van der Waals surface area contributed by atoms with E-state index in [1.807, 2.05) is 20.8 Å². The van der Waals surface area contributed by atoms with Crippen LogP contribution < -0.4 is 9.64 Å². The summed E-state index contributed by atoms with van der Waals surface area (Å²) in [7, 11) is 0. The van der Waals surface area contributed by atoms with Crippen molar-refractivity contribution in [3.8, 4) is 6.01 Å². The maximum atomic E-state index is 13.9. The summed E-state index contributed by atoms with van der Waals surface area (Å²) in [6.07, 6.45) is -3.45. The Bertz CT molecular complexity index is 1150. The van der Waals surface area contributed by atoms with Crippen LogP contribution in [0.25, 0.3) is 11.0 Å². The van der Waals surface area contributed by atoms with Gasteiger partial charge in [-0.3, -0.25) is 0 Å². The van der Waals surface area contributed by atoms with Crippen molar-refractivity contribution < 1.29 is 26.7 Å². The number of anilines is 1. The summed E-state index contributed by atoms with van der Waals surface area (Å²) in [5.41, 5.74) is -0.757. The minimum absolute atomic E-state index is 0.0139. The van der Waals surface area contributed by atoms with E-state index in [4.69, 9.17) is 4.74 Å². The molecular weight excluding hydrogens is 445 g/mol. The number of aromatic nitrogens is 4. The van der Waals surface area contributed by atoms with Crippen LogP contribution in [0.5, 0.6) is 6.01 Å². The SMILES string of the molecule is CC(C)(C)COc1nc(N2CCC(F)(F)C2)c2cnn(Cc3ccccc3C(F)(F)F)c2n1. The summed E-state index contributed by atoms with van der Waals surface area (Å²) in [5, 5.41) is 4.58. The number of benzene rings is 1. The van der Waals surface area contributed by atoms with E-state index >= 15 is 0 Å². The molecule has 2 aromatic heterocycles. The first kappa shape index (κ1) is 23.2. The number of rotatable bonds is 5. The van der Waals surface area contributed by atoms with E-state index < -0.39 is 24.2 Å². The van der Waals surface area contributed by atoms with Crippen LogP contribution >= 0.6 is 0 Å². The molecule has 3 aromatic rings. The Balaban J connectivity index is 1.77. The molecule has 0 saturated carbocycles. The van der Waals surface area contributed by atoms with Gasteiger partial charge < -0.3 is 9.64 Å². The van der Waals surface area contributed by atoms with Gasteiger partial charge in [-0.15, -0.1) is 0 Å². The van der Waals surface area contributed by atoms with Gasteiger partial charge in [0.25, 0.3) is 5.92 Å². The molecule has 11 heteroatoms. The van der Waals surface area contributed by atoms with E-state index in [2.05, 4.69) is 15.1 Å². The van der Waals surface area contributed by atoms with Gasteiger partial charge in [0.2, 0.25) is 0 Å². The van der Waals surface area contributed by atoms with Crippen LogP contribution in [-0.2, 0) is 12.7 Å². The van der Waals surface area contributed by atoms with Crippen molar-refractivity contribution in [1.82, 2.24) is 19.7 Å². The van der Waals surface area contributed by atoms with E-state index in [0.29, 0.717) is 5.39 Å². The standard InChI is InChI=1S/C22H24F5N5O/c1-20(2,3)13-33-19-29-17(31-9-8-21(23,24)12-31)15-10-28-32(18(15)30-19)11-14-6-4-5-7-16(14)22(25,26)27/h4-7,10H,8-9,11-13H2,1-3H3. The number of alkyl halides is 5. The number of fused-ring (bicyclic) bond motifs is 1. The van der Waals surface area contributed by atoms with Crippen molar-refractivity contribution in [2.45, 2.75) is 45.8 Å². The van der Waals surface area contributed by atoms with Crippen LogP contribution in [0.2, 0.25) is 0 Å². The maximum absolute atomic E-state index is 13.9. The number of nitrogens with zero attached hydrogens (tertiary/aromatic N) is 5. The van der Waals surface area contributed by atoms with Crippen LogP contribution in [0.1, 0.15) is 38.3 Å². The van der Waals surface area contributed by atoms with Crippen molar-refractivity contribution in [1.29, 1.82) is 0 Å². The molecule has 0 atom stereocenters. The highest BCUT2D eigenvalue weighted by Gasteiger charge is 2.40. The van der Waals surface area contributed by atoms with E-state index in [9.17, 15) is 22.0 Å². The molecule has 178 valence electrons. The minimum atomic E-state index is -4.53. The van der Waals surface area contributed by atoms with Gasteiger partial charge in [-0.2, -0.15) is 28.2 Å². The Labute approximate surface area is 187 Å². The number of halogens is 5. The van der Waals surface area contributed by atoms with Crippen molar-refractivity contribution in [3.63, 3.8) is 0 Å². The highest BCUT2D eigenvalue weighted by atomic mass is 19.4. The van der Waals surface area contributed by atoms with Crippen LogP contribution in [0.4, 0.5) is 27.8 Å². The fourth-order valence-corrected chi connectivity index (χ4v) is 3.64. The molecule has 0 amide bonds. The zero-order valence-electron chi connectivity index (χ0n) is 18.5. The lowest BCUT2D eigenvalue weighted by molar-refractivity contribution is -0.138. The second-order valence-corrected chi connectivity index (χ2v) is 9.40. The molecule has 1 saturated heterocycles. The lowest BCUT2D eigenvalue weighted by Gasteiger charge is -2.21. The van der Waals surface area contributed by atoms with Crippen molar-refractivity contribution >= 4 is 16.9 Å². The fraction of sp³-hybridized carbons (Fsp3) is 0.500. The van der Waals surface area contributed by atoms with Gasteiger partial charge in [-0.25, -0.2) is 13.5 Å². The Hall–Kier alpha value is -2.98. The van der Waals surface area contributed by atoms with E-state index in [1.165, 1.54) is 34.0 Å². The van der Waals surface area contributed by atoms with Crippen LogP contribution in [0.15, 0.2) is 30.5 Å². The van der Waals surface area contributed by atoms with Gasteiger partial charge in [0.1, 0.15) is 5.82 Å². The van der Waals surface area contributed by atoms with Crippen molar-refractivity contribution in [2.75, 3.05) is 24.6 Å². The molecule has 1 fully saturated rings. The van der Waals surface area contributed by atoms with Gasteiger partial charge in [-0.05, 0) is 17.0 Å². The van der Waals surface area contributed by atoms with Crippen LogP contribution in [-0.4, -0.2) is 45.4 Å². The summed E-state index contributed by atoms with van der Waals surface area (Å²) < 4.78 is 75.2. The zero-order valence-corrected chi connectivity index (χ0v) is 18.5. The molecule has 4 rings (SSSR count). The fourth-order valence-electron chi connectivity index (χ4n) is 3.64. The van der Waals surface area contributed by atoms with Gasteiger partial charge >= 0.3 is 12.2 Å². The van der Waals surface area contributed by atoms with Crippen molar-refractivity contribution in [3.05, 3.63) is 41.6 Å². The first-order valence-electron chi connectivity index (χ1n) is 10.5. The van der Waals surface area contributed by atoms with Crippen LogP contribution in [0.3, 0.4) is 0 Å². The monoisotopic (exact) mass is 469 g/mol. The average Bonchev–Trinajstić information content (AvgIpc) is 3.28. The Kier molecular flexibility index (Phi) is 5.69. The topological polar surface area (TPSA) is 56.1 Å². The lowest BCUT2D eigenvalue weighted by atomic mass is 9.99. The smallest absolute Gasteiger partial charge is 0.416 e. The molecule has 0 radical (unpaired) electrons. The molecule has 1 aliphatic rings. The second-order valence-electron chi connectivity index (χ2n) is 9.40. The van der Waals surface area contributed by atoms with Gasteiger partial charge in [0, 0.05) is 13.0 Å². The highest BCUT2D eigenvalue weighted by Crippen LogP contribution is 2.36.